The van der Waals surface area contributed by atoms with Gasteiger partial charge in [0.1, 0.15) is 0 Å². The number of aliphatic carboxylic acids is 1. The van der Waals surface area contributed by atoms with Crippen LogP contribution in [0.5, 0.6) is 0 Å². The summed E-state index contributed by atoms with van der Waals surface area (Å²) in [5.41, 5.74) is 0. The van der Waals surface area contributed by atoms with E-state index < -0.39 is 33.2 Å². The smallest absolute Gasteiger partial charge is 0.330 e. The molecule has 0 spiro atoms. The maximum absolute atomic E-state index is 12.4. The number of esters is 1. The molecule has 0 radical (unpaired) electrons. The highest BCUT2D eigenvalue weighted by Gasteiger charge is 2.53. The van der Waals surface area contributed by atoms with Crippen molar-refractivity contribution in [2.75, 3.05) is 6.61 Å². The van der Waals surface area contributed by atoms with Crippen molar-refractivity contribution in [1.29, 1.82) is 0 Å². The molecule has 0 saturated carbocycles. The van der Waals surface area contributed by atoms with E-state index >= 15 is 0 Å². The molecule has 2 N–H and O–H groups in total. The quantitative estimate of drug-likeness (QED) is 0.223. The van der Waals surface area contributed by atoms with Crippen molar-refractivity contribution in [1.82, 2.24) is 0 Å². The van der Waals surface area contributed by atoms with Crippen LogP contribution in [0.3, 0.4) is 0 Å². The number of unbranched alkanes of at least 4 members (excludes halogenated alkanes) is 7. The van der Waals surface area contributed by atoms with Gasteiger partial charge in [0.15, 0.2) is 0 Å². The lowest BCUT2D eigenvalue weighted by Gasteiger charge is -2.27. The molecule has 1 unspecified atom stereocenters. The second-order valence-electron chi connectivity index (χ2n) is 7.58. The lowest BCUT2D eigenvalue weighted by molar-refractivity contribution is -0.152. The maximum Gasteiger partial charge on any atom is 0.330 e. The predicted octanol–water partition coefficient (Wildman–Crippen LogP) is 4.21. The van der Waals surface area contributed by atoms with E-state index in [-0.39, 0.29) is 25.4 Å². The second kappa shape index (κ2) is 13.1. The van der Waals surface area contributed by atoms with Gasteiger partial charge in [-0.25, -0.2) is 0 Å². The number of ether oxygens (including phenoxy) is 1. The van der Waals surface area contributed by atoms with Crippen LogP contribution in [0.1, 0.15) is 91.4 Å². The minimum atomic E-state index is -4.93. The van der Waals surface area contributed by atoms with E-state index in [0.717, 1.165) is 19.3 Å². The third-order valence-corrected chi connectivity index (χ3v) is 6.16. The molecule has 0 aromatic heterocycles. The third kappa shape index (κ3) is 10.1. The first-order chi connectivity index (χ1) is 12.6. The summed E-state index contributed by atoms with van der Waals surface area (Å²) < 4.78 is 36.0. The van der Waals surface area contributed by atoms with Crippen molar-refractivity contribution < 1.29 is 32.4 Å². The Balaban J connectivity index is 4.69. The Morgan fingerprint density at radius 3 is 1.96 bits per heavy atom. The van der Waals surface area contributed by atoms with E-state index in [2.05, 4.69) is 6.92 Å². The average molecular weight is 409 g/mol. The fraction of sp³-hybridized carbons (Fsp3) is 0.895. The number of hydrogen-bond donors (Lipinski definition) is 2. The van der Waals surface area contributed by atoms with Crippen LogP contribution >= 0.6 is 0 Å². The molecule has 0 heterocycles. The van der Waals surface area contributed by atoms with Gasteiger partial charge in [0.25, 0.3) is 10.1 Å². The van der Waals surface area contributed by atoms with Gasteiger partial charge in [-0.15, -0.1) is 0 Å². The first-order valence-corrected chi connectivity index (χ1v) is 11.4. The van der Waals surface area contributed by atoms with Gasteiger partial charge in [0.05, 0.1) is 13.0 Å². The molecule has 0 bridgehead atoms. The largest absolute Gasteiger partial charge is 0.481 e. The van der Waals surface area contributed by atoms with E-state index in [1.807, 2.05) is 13.8 Å². The number of carbonyl (C=O) groups excluding carboxylic acids is 1. The first-order valence-electron chi connectivity index (χ1n) is 9.93. The van der Waals surface area contributed by atoms with Gasteiger partial charge in [-0.1, -0.05) is 65.7 Å². The van der Waals surface area contributed by atoms with Crippen LogP contribution in [0, 0.1) is 5.92 Å². The Morgan fingerprint density at radius 1 is 1.00 bits per heavy atom. The molecule has 0 saturated heterocycles. The molecular weight excluding hydrogens is 372 g/mol. The Kier molecular flexibility index (Phi) is 12.5. The van der Waals surface area contributed by atoms with Crippen LogP contribution in [0.15, 0.2) is 0 Å². The molecule has 1 atom stereocenters. The Morgan fingerprint density at radius 2 is 1.52 bits per heavy atom. The van der Waals surface area contributed by atoms with Gasteiger partial charge in [-0.05, 0) is 25.2 Å². The summed E-state index contributed by atoms with van der Waals surface area (Å²) in [4.78, 5) is 23.6. The fourth-order valence-electron chi connectivity index (χ4n) is 2.89. The van der Waals surface area contributed by atoms with Crippen molar-refractivity contribution in [3.8, 4) is 0 Å². The molecule has 160 valence electrons. The number of carboxylic acid groups (broad SMARTS) is 1. The van der Waals surface area contributed by atoms with Crippen LogP contribution in [0.2, 0.25) is 0 Å². The second-order valence-corrected chi connectivity index (χ2v) is 9.31. The molecule has 27 heavy (non-hydrogen) atoms. The summed E-state index contributed by atoms with van der Waals surface area (Å²) >= 11 is 0. The first kappa shape index (κ1) is 25.9. The molecular formula is C19H36O7S. The summed E-state index contributed by atoms with van der Waals surface area (Å²) in [6.45, 7) is 5.82. The Bertz CT molecular complexity index is 542. The van der Waals surface area contributed by atoms with Crippen LogP contribution < -0.4 is 0 Å². The van der Waals surface area contributed by atoms with Crippen LogP contribution in [-0.2, 0) is 24.4 Å². The summed E-state index contributed by atoms with van der Waals surface area (Å²) in [7, 11) is -4.93. The standard InChI is InChI=1S/C19H36O7S/c1-4-5-6-7-8-9-10-11-14-26-18(22)19(15-17(20)21,27(23,24)25)13-12-16(2)3/h16H,4-15H2,1-3H3,(H,20,21)(H,23,24,25). The highest BCUT2D eigenvalue weighted by atomic mass is 32.2. The Labute approximate surface area is 163 Å². The minimum Gasteiger partial charge on any atom is -0.481 e. The van der Waals surface area contributed by atoms with Crippen LogP contribution in [-0.4, -0.2) is 41.4 Å². The molecule has 0 aromatic rings. The van der Waals surface area contributed by atoms with Gasteiger partial charge in [-0.3, -0.25) is 14.1 Å². The summed E-state index contributed by atoms with van der Waals surface area (Å²) in [5, 5.41) is 9.07. The Hall–Kier alpha value is -1.15. The SMILES string of the molecule is CCCCCCCCCCOC(=O)C(CCC(C)C)(CC(=O)O)S(=O)(=O)O. The molecule has 0 fully saturated rings. The summed E-state index contributed by atoms with van der Waals surface area (Å²) in [6, 6.07) is 0. The van der Waals surface area contributed by atoms with Gasteiger partial charge in [0.2, 0.25) is 4.75 Å². The fourth-order valence-corrected chi connectivity index (χ4v) is 3.84. The molecule has 0 aliphatic carbocycles. The van der Waals surface area contributed by atoms with Crippen molar-refractivity contribution in [2.24, 2.45) is 5.92 Å². The third-order valence-electron chi connectivity index (χ3n) is 4.66. The van der Waals surface area contributed by atoms with Crippen molar-refractivity contribution >= 4 is 22.1 Å². The summed E-state index contributed by atoms with van der Waals surface area (Å²) in [6.07, 6.45) is 7.35. The molecule has 7 nitrogen and oxygen atoms in total. The van der Waals surface area contributed by atoms with Gasteiger partial charge < -0.3 is 9.84 Å². The van der Waals surface area contributed by atoms with Crippen molar-refractivity contribution in [3.63, 3.8) is 0 Å². The van der Waals surface area contributed by atoms with Crippen molar-refractivity contribution in [2.45, 2.75) is 96.1 Å². The van der Waals surface area contributed by atoms with Crippen LogP contribution in [0.25, 0.3) is 0 Å². The van der Waals surface area contributed by atoms with Crippen molar-refractivity contribution in [3.05, 3.63) is 0 Å². The number of carboxylic acids is 1. The van der Waals surface area contributed by atoms with Crippen LogP contribution in [0.4, 0.5) is 0 Å². The van der Waals surface area contributed by atoms with Gasteiger partial charge >= 0.3 is 11.9 Å². The number of rotatable bonds is 16. The van der Waals surface area contributed by atoms with E-state index in [1.54, 1.807) is 0 Å². The molecule has 0 aliphatic heterocycles. The highest BCUT2D eigenvalue weighted by molar-refractivity contribution is 7.88. The molecule has 0 amide bonds. The molecule has 0 aromatic carbocycles. The van der Waals surface area contributed by atoms with E-state index in [0.29, 0.717) is 6.42 Å². The van der Waals surface area contributed by atoms with Gasteiger partial charge in [-0.2, -0.15) is 8.42 Å². The summed E-state index contributed by atoms with van der Waals surface area (Å²) in [5.74, 6) is -2.60. The molecule has 0 aliphatic rings. The lowest BCUT2D eigenvalue weighted by Crippen LogP contribution is -2.49. The lowest BCUT2D eigenvalue weighted by atomic mass is 9.94. The number of carbonyl (C=O) groups is 2. The monoisotopic (exact) mass is 408 g/mol. The highest BCUT2D eigenvalue weighted by Crippen LogP contribution is 2.31. The zero-order chi connectivity index (χ0) is 20.9. The molecule has 0 rings (SSSR count). The molecule has 8 heteroatoms. The zero-order valence-corrected chi connectivity index (χ0v) is 17.7. The topological polar surface area (TPSA) is 118 Å². The minimum absolute atomic E-state index is 0.0202. The average Bonchev–Trinajstić information content (AvgIpc) is 2.55. The van der Waals surface area contributed by atoms with Gasteiger partial charge in [0, 0.05) is 0 Å². The van der Waals surface area contributed by atoms with E-state index in [4.69, 9.17) is 9.84 Å². The van der Waals surface area contributed by atoms with E-state index in [9.17, 15) is 22.6 Å². The van der Waals surface area contributed by atoms with E-state index in [1.165, 1.54) is 25.7 Å². The maximum atomic E-state index is 12.4. The predicted molar refractivity (Wildman–Crippen MR) is 104 cm³/mol. The zero-order valence-electron chi connectivity index (χ0n) is 16.9. The number of hydrogen-bond acceptors (Lipinski definition) is 5. The normalized spacial score (nSPS) is 14.1.